The Kier molecular flexibility index (Phi) is 9.43. The van der Waals surface area contributed by atoms with Crippen LogP contribution < -0.4 is 10.6 Å². The summed E-state index contributed by atoms with van der Waals surface area (Å²) in [6.45, 7) is 11.0. The van der Waals surface area contributed by atoms with Gasteiger partial charge in [0.1, 0.15) is 9.84 Å². The van der Waals surface area contributed by atoms with Crippen LogP contribution in [0.5, 0.6) is 0 Å². The van der Waals surface area contributed by atoms with Crippen LogP contribution in [0.3, 0.4) is 0 Å². The van der Waals surface area contributed by atoms with E-state index in [0.29, 0.717) is 12.3 Å². The number of rotatable bonds is 9. The standard InChI is InChI=1S/C22H38N4O2S/c1-5-23-22(25-19(3)12-15-29(4,27)28)24-16-20-10-13-26(14-11-20)17-21-8-6-18(2)7-9-21/h6-9,19-20H,5,10-17H2,1-4H3,(H2,23,24,25). The van der Waals surface area contributed by atoms with E-state index in [9.17, 15) is 8.42 Å². The Morgan fingerprint density at radius 3 is 2.48 bits per heavy atom. The highest BCUT2D eigenvalue weighted by Gasteiger charge is 2.19. The molecule has 164 valence electrons. The number of likely N-dealkylation sites (tertiary alicyclic amines) is 1. The third kappa shape index (κ3) is 9.63. The van der Waals surface area contributed by atoms with Gasteiger partial charge in [-0.25, -0.2) is 8.42 Å². The molecule has 1 aliphatic heterocycles. The molecule has 0 aromatic heterocycles. The lowest BCUT2D eigenvalue weighted by Crippen LogP contribution is -2.43. The number of nitrogens with one attached hydrogen (secondary N) is 2. The van der Waals surface area contributed by atoms with Gasteiger partial charge in [-0.05, 0) is 64.6 Å². The minimum absolute atomic E-state index is 0.0684. The molecule has 1 atom stereocenters. The Hall–Kier alpha value is -1.60. The summed E-state index contributed by atoms with van der Waals surface area (Å²) in [6, 6.07) is 8.89. The van der Waals surface area contributed by atoms with Crippen molar-refractivity contribution in [1.82, 2.24) is 15.5 Å². The summed E-state index contributed by atoms with van der Waals surface area (Å²) in [5.41, 5.74) is 2.69. The third-order valence-electron chi connectivity index (χ3n) is 5.39. The van der Waals surface area contributed by atoms with E-state index in [4.69, 9.17) is 4.99 Å². The molecule has 29 heavy (non-hydrogen) atoms. The summed E-state index contributed by atoms with van der Waals surface area (Å²) >= 11 is 0. The molecule has 2 rings (SSSR count). The minimum atomic E-state index is -2.93. The molecule has 1 fully saturated rings. The molecule has 2 N–H and O–H groups in total. The van der Waals surface area contributed by atoms with Crippen molar-refractivity contribution < 1.29 is 8.42 Å². The molecule has 1 heterocycles. The molecule has 0 spiro atoms. The number of sulfone groups is 1. The van der Waals surface area contributed by atoms with Crippen molar-refractivity contribution in [3.8, 4) is 0 Å². The topological polar surface area (TPSA) is 73.8 Å². The predicted molar refractivity (Wildman–Crippen MR) is 122 cm³/mol. The molecule has 1 aliphatic rings. The molecule has 1 saturated heterocycles. The smallest absolute Gasteiger partial charge is 0.191 e. The fourth-order valence-electron chi connectivity index (χ4n) is 3.52. The number of benzene rings is 1. The van der Waals surface area contributed by atoms with Crippen LogP contribution in [-0.2, 0) is 16.4 Å². The first-order chi connectivity index (χ1) is 13.7. The second kappa shape index (κ2) is 11.6. The van der Waals surface area contributed by atoms with Gasteiger partial charge < -0.3 is 10.6 Å². The van der Waals surface area contributed by atoms with Crippen LogP contribution in [0.15, 0.2) is 29.3 Å². The highest BCUT2D eigenvalue weighted by atomic mass is 32.2. The Labute approximate surface area is 177 Å². The van der Waals surface area contributed by atoms with Crippen LogP contribution in [0.1, 0.15) is 44.2 Å². The Morgan fingerprint density at radius 1 is 1.24 bits per heavy atom. The molecule has 1 aromatic rings. The van der Waals surface area contributed by atoms with Gasteiger partial charge in [0.05, 0.1) is 5.75 Å². The van der Waals surface area contributed by atoms with Gasteiger partial charge in [-0.3, -0.25) is 9.89 Å². The monoisotopic (exact) mass is 422 g/mol. The van der Waals surface area contributed by atoms with Crippen LogP contribution >= 0.6 is 0 Å². The van der Waals surface area contributed by atoms with Crippen molar-refractivity contribution in [2.75, 3.05) is 38.2 Å². The molecule has 1 aromatic carbocycles. The lowest BCUT2D eigenvalue weighted by molar-refractivity contribution is 0.180. The number of hydrogen-bond acceptors (Lipinski definition) is 4. The Bertz CT molecular complexity index is 739. The van der Waals surface area contributed by atoms with Crippen molar-refractivity contribution in [3.05, 3.63) is 35.4 Å². The van der Waals surface area contributed by atoms with E-state index in [-0.39, 0.29) is 11.8 Å². The van der Waals surface area contributed by atoms with Gasteiger partial charge in [0, 0.05) is 31.9 Å². The highest BCUT2D eigenvalue weighted by Crippen LogP contribution is 2.19. The highest BCUT2D eigenvalue weighted by molar-refractivity contribution is 7.90. The van der Waals surface area contributed by atoms with Crippen LogP contribution in [0.2, 0.25) is 0 Å². The lowest BCUT2D eigenvalue weighted by atomic mass is 9.96. The van der Waals surface area contributed by atoms with Crippen LogP contribution in [0, 0.1) is 12.8 Å². The molecule has 7 heteroatoms. The SMILES string of the molecule is CCNC(=NCC1CCN(Cc2ccc(C)cc2)CC1)NC(C)CCS(C)(=O)=O. The third-order valence-corrected chi connectivity index (χ3v) is 6.37. The number of guanidine groups is 1. The van der Waals surface area contributed by atoms with Crippen molar-refractivity contribution in [2.24, 2.45) is 10.9 Å². The van der Waals surface area contributed by atoms with Crippen molar-refractivity contribution in [2.45, 2.75) is 52.6 Å². The van der Waals surface area contributed by atoms with Gasteiger partial charge >= 0.3 is 0 Å². The quantitative estimate of drug-likeness (QED) is 0.473. The largest absolute Gasteiger partial charge is 0.357 e. The van der Waals surface area contributed by atoms with Crippen LogP contribution in [-0.4, -0.2) is 63.5 Å². The molecule has 1 unspecified atom stereocenters. The van der Waals surface area contributed by atoms with Gasteiger partial charge in [-0.15, -0.1) is 0 Å². The summed E-state index contributed by atoms with van der Waals surface area (Å²) in [5, 5.41) is 6.62. The molecule has 0 amide bonds. The van der Waals surface area contributed by atoms with E-state index >= 15 is 0 Å². The lowest BCUT2D eigenvalue weighted by Gasteiger charge is -2.31. The van der Waals surface area contributed by atoms with Gasteiger partial charge in [-0.2, -0.15) is 0 Å². The maximum atomic E-state index is 11.4. The van der Waals surface area contributed by atoms with E-state index in [0.717, 1.165) is 38.7 Å². The number of nitrogens with zero attached hydrogens (tertiary/aromatic N) is 2. The second-order valence-corrected chi connectivity index (χ2v) is 10.6. The molecular weight excluding hydrogens is 384 g/mol. The van der Waals surface area contributed by atoms with Crippen molar-refractivity contribution >= 4 is 15.8 Å². The fourth-order valence-corrected chi connectivity index (χ4v) is 4.30. The summed E-state index contributed by atoms with van der Waals surface area (Å²) in [7, 11) is -2.93. The van der Waals surface area contributed by atoms with E-state index in [2.05, 4.69) is 46.7 Å². The maximum absolute atomic E-state index is 11.4. The summed E-state index contributed by atoms with van der Waals surface area (Å²) in [4.78, 5) is 7.30. The maximum Gasteiger partial charge on any atom is 0.191 e. The molecule has 0 bridgehead atoms. The van der Waals surface area contributed by atoms with E-state index < -0.39 is 9.84 Å². The van der Waals surface area contributed by atoms with Crippen LogP contribution in [0.25, 0.3) is 0 Å². The minimum Gasteiger partial charge on any atom is -0.357 e. The van der Waals surface area contributed by atoms with Gasteiger partial charge in [0.15, 0.2) is 5.96 Å². The normalized spacial score (nSPS) is 17.9. The number of aliphatic imine (C=N–C) groups is 1. The van der Waals surface area contributed by atoms with E-state index in [1.54, 1.807) is 0 Å². The summed E-state index contributed by atoms with van der Waals surface area (Å²) < 4.78 is 22.7. The number of aryl methyl sites for hydroxylation is 1. The Morgan fingerprint density at radius 2 is 1.90 bits per heavy atom. The molecule has 0 saturated carbocycles. The average molecular weight is 423 g/mol. The molecule has 6 nitrogen and oxygen atoms in total. The summed E-state index contributed by atoms with van der Waals surface area (Å²) in [5.74, 6) is 1.58. The zero-order valence-electron chi connectivity index (χ0n) is 18.4. The molecule has 0 aliphatic carbocycles. The van der Waals surface area contributed by atoms with E-state index in [1.807, 2.05) is 13.8 Å². The zero-order chi connectivity index (χ0) is 21.3. The van der Waals surface area contributed by atoms with Crippen molar-refractivity contribution in [3.63, 3.8) is 0 Å². The molecular formula is C22H38N4O2S. The fraction of sp³-hybridized carbons (Fsp3) is 0.682. The predicted octanol–water partition coefficient (Wildman–Crippen LogP) is 2.59. The first-order valence-electron chi connectivity index (χ1n) is 10.8. The zero-order valence-corrected chi connectivity index (χ0v) is 19.3. The second-order valence-electron chi connectivity index (χ2n) is 8.39. The first kappa shape index (κ1) is 23.7. The number of piperidine rings is 1. The van der Waals surface area contributed by atoms with Crippen LogP contribution in [0.4, 0.5) is 0 Å². The molecule has 0 radical (unpaired) electrons. The summed E-state index contributed by atoms with van der Waals surface area (Å²) in [6.07, 6.45) is 4.20. The van der Waals surface area contributed by atoms with E-state index in [1.165, 1.54) is 30.2 Å². The first-order valence-corrected chi connectivity index (χ1v) is 12.8. The van der Waals surface area contributed by atoms with Crippen molar-refractivity contribution in [1.29, 1.82) is 0 Å². The Balaban J connectivity index is 1.77. The van der Waals surface area contributed by atoms with Gasteiger partial charge in [0.2, 0.25) is 0 Å². The van der Waals surface area contributed by atoms with Gasteiger partial charge in [-0.1, -0.05) is 29.8 Å². The number of hydrogen-bond donors (Lipinski definition) is 2. The van der Waals surface area contributed by atoms with Gasteiger partial charge in [0.25, 0.3) is 0 Å². The average Bonchev–Trinajstić information content (AvgIpc) is 2.67.